The highest BCUT2D eigenvalue weighted by Crippen LogP contribution is 2.50. The van der Waals surface area contributed by atoms with Crippen LogP contribution in [0.15, 0.2) is 140 Å². The summed E-state index contributed by atoms with van der Waals surface area (Å²) in [6.45, 7) is 17.1. The van der Waals surface area contributed by atoms with Gasteiger partial charge in [-0.15, -0.1) is 16.4 Å². The number of likely N-dealkylation sites (N-methyl/N-ethyl adjacent to an activating group) is 1. The molecule has 5 aromatic carbocycles. The summed E-state index contributed by atoms with van der Waals surface area (Å²) in [6.07, 6.45) is 5.65. The number of primary amides is 1. The number of para-hydroxylation sites is 2. The van der Waals surface area contributed by atoms with E-state index in [2.05, 4.69) is 58.5 Å². The number of methoxy groups -OCH3 is 2. The fourth-order valence-electron chi connectivity index (χ4n) is 14.7. The van der Waals surface area contributed by atoms with Crippen LogP contribution >= 0.6 is 22.9 Å². The third-order valence-corrected chi connectivity index (χ3v) is 23.7. The minimum Gasteiger partial charge on any atom is -0.496 e. The predicted octanol–water partition coefficient (Wildman–Crippen LogP) is 9.00. The average molecular weight is 1910 g/mol. The summed E-state index contributed by atoms with van der Waals surface area (Å²) >= 11 is 8.67. The first-order valence-electron chi connectivity index (χ1n) is 44.8. The van der Waals surface area contributed by atoms with Crippen molar-refractivity contribution in [1.82, 2.24) is 60.7 Å². The quantitative estimate of drug-likeness (QED) is 0.0118. The second kappa shape index (κ2) is 54.8. The second-order valence-electron chi connectivity index (χ2n) is 32.3. The number of piperazine rings is 1. The molecule has 726 valence electrons. The topological polar surface area (TPSA) is 432 Å². The number of fused-ring (bicyclic) bond motifs is 1. The maximum Gasteiger partial charge on any atom is 0.345 e. The molecule has 1 saturated heterocycles. The SMILES string of the molecule is COCCOCCOCCOCCOCCOCCOCCOCCn1cc(COCc2cc(NC(=O)[C@H](CCCNC(N)=O)NC(=O)[C@@H](NC(=O)CCOCCN3C(=O)C=CC3=O)C(C)C)ccc2C[N+]2(C)CCN(CCOc3ccc(-c4c(-c5ccc(F)cc5)sc5ncnc(O[C@H](Cc6ccccc6OCc6ccnc(-c7ccccc7OC)n6)C(=O)O)c45)c(C)c3Cl)CC2)nn1. The lowest BCUT2D eigenvalue weighted by molar-refractivity contribution is -0.926. The van der Waals surface area contributed by atoms with Gasteiger partial charge in [0.05, 0.1) is 194 Å². The number of nitrogens with one attached hydrogen (secondary N) is 4. The highest BCUT2D eigenvalue weighted by atomic mass is 35.5. The number of amides is 7. The number of urea groups is 1. The summed E-state index contributed by atoms with van der Waals surface area (Å²) < 4.78 is 97.8. The van der Waals surface area contributed by atoms with Gasteiger partial charge in [-0.05, 0) is 108 Å². The molecule has 4 aromatic heterocycles. The summed E-state index contributed by atoms with van der Waals surface area (Å²) in [4.78, 5) is 114. The van der Waals surface area contributed by atoms with E-state index in [1.807, 2.05) is 49.4 Å². The van der Waals surface area contributed by atoms with E-state index >= 15 is 0 Å². The van der Waals surface area contributed by atoms with Crippen LogP contribution in [0.3, 0.4) is 0 Å². The Morgan fingerprint density at radius 2 is 1.30 bits per heavy atom. The number of anilines is 1. The number of ether oxygens (including phenoxy) is 14. The zero-order valence-corrected chi connectivity index (χ0v) is 78.4. The Balaban J connectivity index is 0.707. The number of hydrogen-bond acceptors (Lipinski definition) is 29. The Hall–Kier alpha value is -11.7. The molecule has 0 spiro atoms. The fraction of sp³-hybridized carbons (Fsp3) is 0.463. The highest BCUT2D eigenvalue weighted by molar-refractivity contribution is 7.22. The maximum absolute atomic E-state index is 14.7. The van der Waals surface area contributed by atoms with Crippen LogP contribution in [0.5, 0.6) is 23.1 Å². The summed E-state index contributed by atoms with van der Waals surface area (Å²) in [5.41, 5.74) is 12.5. The Morgan fingerprint density at radius 1 is 0.644 bits per heavy atom. The lowest BCUT2D eigenvalue weighted by Gasteiger charge is -2.42. The third-order valence-electron chi connectivity index (χ3n) is 22.1. The van der Waals surface area contributed by atoms with Gasteiger partial charge in [0.25, 0.3) is 11.8 Å². The molecule has 6 heterocycles. The van der Waals surface area contributed by atoms with Crippen LogP contribution in [0, 0.1) is 18.7 Å². The Labute approximate surface area is 791 Å². The zero-order chi connectivity index (χ0) is 95.7. The molecular formula is C95H120ClFN15O22S+. The molecule has 0 bridgehead atoms. The van der Waals surface area contributed by atoms with E-state index in [9.17, 15) is 43.1 Å². The number of nitrogens with zero attached hydrogens (tertiary/aromatic N) is 10. The zero-order valence-electron chi connectivity index (χ0n) is 76.9. The number of aromatic nitrogens is 7. The van der Waals surface area contributed by atoms with E-state index in [4.69, 9.17) is 88.6 Å². The smallest absolute Gasteiger partial charge is 0.345 e. The van der Waals surface area contributed by atoms with E-state index in [0.29, 0.717) is 230 Å². The van der Waals surface area contributed by atoms with Crippen molar-refractivity contribution in [2.75, 3.05) is 191 Å². The molecule has 7 N–H and O–H groups in total. The van der Waals surface area contributed by atoms with Gasteiger partial charge in [0.2, 0.25) is 29.7 Å². The number of quaternary nitrogens is 1. The van der Waals surface area contributed by atoms with Gasteiger partial charge in [0.15, 0.2) is 5.82 Å². The van der Waals surface area contributed by atoms with Gasteiger partial charge in [0, 0.05) is 86.2 Å². The van der Waals surface area contributed by atoms with E-state index < -0.39 is 71.5 Å². The number of hydrogen-bond donors (Lipinski definition) is 6. The Kier molecular flexibility index (Phi) is 42.1. The van der Waals surface area contributed by atoms with Crippen LogP contribution < -0.4 is 45.9 Å². The summed E-state index contributed by atoms with van der Waals surface area (Å²) in [5, 5.41) is 31.5. The second-order valence-corrected chi connectivity index (χ2v) is 33.7. The van der Waals surface area contributed by atoms with Gasteiger partial charge in [0.1, 0.15) is 71.8 Å². The number of aliphatic carboxylic acids is 1. The molecule has 135 heavy (non-hydrogen) atoms. The van der Waals surface area contributed by atoms with Crippen molar-refractivity contribution in [3.05, 3.63) is 185 Å². The van der Waals surface area contributed by atoms with Crippen LogP contribution in [0.1, 0.15) is 66.8 Å². The number of carbonyl (C=O) groups excluding carboxylic acids is 6. The minimum absolute atomic E-state index is 0.0000153. The van der Waals surface area contributed by atoms with Gasteiger partial charge < -0.3 is 103 Å². The van der Waals surface area contributed by atoms with Gasteiger partial charge in [-0.3, -0.25) is 33.8 Å². The predicted molar refractivity (Wildman–Crippen MR) is 498 cm³/mol. The number of benzene rings is 5. The molecule has 0 aliphatic carbocycles. The van der Waals surface area contributed by atoms with E-state index in [1.165, 1.54) is 41.9 Å². The van der Waals surface area contributed by atoms with Crippen molar-refractivity contribution in [2.45, 2.75) is 97.6 Å². The normalized spacial score (nSPS) is 13.9. The molecular weight excluding hydrogens is 1790 g/mol. The minimum atomic E-state index is -1.47. The maximum atomic E-state index is 14.7. The molecule has 11 rings (SSSR count). The number of carbonyl (C=O) groups is 7. The molecule has 40 heteroatoms. The molecule has 2 aliphatic rings. The van der Waals surface area contributed by atoms with E-state index in [-0.39, 0.29) is 84.3 Å². The Bertz CT molecular complexity index is 5340. The molecule has 0 unspecified atom stereocenters. The third kappa shape index (κ3) is 32.8. The lowest BCUT2D eigenvalue weighted by atomic mass is 9.96. The molecule has 7 amide bonds. The van der Waals surface area contributed by atoms with Crippen molar-refractivity contribution in [2.24, 2.45) is 11.7 Å². The van der Waals surface area contributed by atoms with Crippen molar-refractivity contribution in [1.29, 1.82) is 0 Å². The van der Waals surface area contributed by atoms with Crippen LogP contribution in [-0.4, -0.2) is 300 Å². The lowest BCUT2D eigenvalue weighted by Crippen LogP contribution is -2.57. The molecule has 9 aromatic rings. The van der Waals surface area contributed by atoms with Gasteiger partial charge in [-0.2, -0.15) is 0 Å². The largest absolute Gasteiger partial charge is 0.496 e. The standard InChI is InChI=1S/C95H119ClFN15O22S/c1-64(2)87(106-81(113)28-38-123-40-35-111-82(114)25-26-83(111)115)91(117)105-76(14-11-29-100-95(98)120)90(116)104-71-22-19-68(69(56-71)60-131-61-73-58-110(108-107-73)34-39-124-44-45-126-48-49-128-52-53-130-55-54-129-51-50-127-47-46-125-43-42-121-5)59-112(4)36-31-109(32-37-112)33-41-132-79-24-23-74(65(3)86(79)96)84-85-92(101-63-102-93(85)135-88(84)66-17-20-70(97)21-18-66)134-80(94(118)119)57-67-12-7-9-15-77(67)133-62-72-27-30-99-89(103-72)75-13-8-10-16-78(75)122-6/h7-10,12-13,15-27,30,56,58,63-64,76,80,87H,11,14,28-29,31-55,57,59-62H2,1-6H3,(H6-,98,100,104,105,106,113,116,117,118,119,120)/p+1/t76-,80+,87-/m0/s1. The number of imide groups is 1. The summed E-state index contributed by atoms with van der Waals surface area (Å²) in [6, 6.07) is 28.6. The first-order valence-corrected chi connectivity index (χ1v) is 46.0. The Morgan fingerprint density at radius 3 is 1.96 bits per heavy atom. The molecule has 37 nitrogen and oxygen atoms in total. The first-order chi connectivity index (χ1) is 65.5. The summed E-state index contributed by atoms with van der Waals surface area (Å²) in [5.74, 6) is -2.80. The first kappa shape index (κ1) is 104. The molecule has 0 radical (unpaired) electrons. The number of carboxylic acids is 1. The van der Waals surface area contributed by atoms with Crippen molar-refractivity contribution in [3.63, 3.8) is 0 Å². The monoisotopic (exact) mass is 1910 g/mol. The number of nitrogens with two attached hydrogens (primary N) is 1. The highest BCUT2D eigenvalue weighted by Gasteiger charge is 2.34. The summed E-state index contributed by atoms with van der Waals surface area (Å²) in [7, 11) is 5.40. The molecule has 1 fully saturated rings. The van der Waals surface area contributed by atoms with E-state index in [0.717, 1.165) is 29.1 Å². The van der Waals surface area contributed by atoms with Crippen molar-refractivity contribution < 1.29 is 114 Å². The molecule has 3 atom stereocenters. The van der Waals surface area contributed by atoms with Crippen LogP contribution in [-0.2, 0) is 115 Å². The van der Waals surface area contributed by atoms with Crippen LogP contribution in [0.2, 0.25) is 5.02 Å². The van der Waals surface area contributed by atoms with Crippen LogP contribution in [0.4, 0.5) is 14.9 Å². The average Bonchev–Trinajstić information content (AvgIpc) is 1.60. The van der Waals surface area contributed by atoms with Gasteiger partial charge in [-0.25, -0.2) is 38.6 Å². The van der Waals surface area contributed by atoms with Crippen molar-refractivity contribution >= 4 is 80.4 Å². The molecule has 2 aliphatic heterocycles. The molecule has 0 saturated carbocycles. The van der Waals surface area contributed by atoms with Crippen molar-refractivity contribution in [3.8, 4) is 56.1 Å². The number of carboxylic acid groups (broad SMARTS) is 1. The van der Waals surface area contributed by atoms with E-state index in [1.54, 1.807) is 99.7 Å². The number of rotatable bonds is 62. The fourth-order valence-corrected chi connectivity index (χ4v) is 16.1. The number of halogens is 2. The van der Waals surface area contributed by atoms with Crippen LogP contribution in [0.25, 0.3) is 43.2 Å². The number of thiophene rings is 1. The van der Waals surface area contributed by atoms with Gasteiger partial charge in [-0.1, -0.05) is 85.3 Å². The van der Waals surface area contributed by atoms with Gasteiger partial charge >= 0.3 is 12.0 Å².